The largest absolute Gasteiger partial charge is 0.391 e. The van der Waals surface area contributed by atoms with Gasteiger partial charge in [0.05, 0.1) is 6.10 Å². The van der Waals surface area contributed by atoms with Gasteiger partial charge in [0.1, 0.15) is 0 Å². The molecule has 1 aliphatic heterocycles. The molecule has 118 valence electrons. The average Bonchev–Trinajstić information content (AvgIpc) is 2.44. The van der Waals surface area contributed by atoms with Crippen LogP contribution in [0.4, 0.5) is 0 Å². The van der Waals surface area contributed by atoms with Crippen LogP contribution in [0.3, 0.4) is 0 Å². The summed E-state index contributed by atoms with van der Waals surface area (Å²) in [5.74, 6) is 0.182. The number of benzene rings is 1. The number of rotatable bonds is 5. The van der Waals surface area contributed by atoms with Crippen molar-refractivity contribution in [3.8, 4) is 0 Å². The first-order valence-electron chi connectivity index (χ1n) is 7.05. The van der Waals surface area contributed by atoms with Gasteiger partial charge in [-0.2, -0.15) is 0 Å². The molecule has 2 atom stereocenters. The first kappa shape index (κ1) is 18.2. The lowest BCUT2D eigenvalue weighted by molar-refractivity contribution is -0.121. The van der Waals surface area contributed by atoms with Crippen molar-refractivity contribution in [1.82, 2.24) is 10.6 Å². The Kier molecular flexibility index (Phi) is 8.04. The lowest BCUT2D eigenvalue weighted by Gasteiger charge is -2.28. The second kappa shape index (κ2) is 9.26. The quantitative estimate of drug-likeness (QED) is 0.770. The highest BCUT2D eigenvalue weighted by molar-refractivity contribution is 6.30. The van der Waals surface area contributed by atoms with E-state index in [1.54, 1.807) is 0 Å². The van der Waals surface area contributed by atoms with Crippen LogP contribution >= 0.6 is 24.0 Å². The van der Waals surface area contributed by atoms with Gasteiger partial charge in [0.15, 0.2) is 0 Å². The molecule has 1 aromatic rings. The van der Waals surface area contributed by atoms with Gasteiger partial charge in [0.25, 0.3) is 0 Å². The third kappa shape index (κ3) is 6.22. The van der Waals surface area contributed by atoms with E-state index in [1.165, 1.54) is 0 Å². The molecule has 0 radical (unpaired) electrons. The zero-order valence-corrected chi connectivity index (χ0v) is 13.4. The minimum atomic E-state index is -0.364. The Morgan fingerprint density at radius 2 is 2.29 bits per heavy atom. The Bertz CT molecular complexity index is 457. The molecule has 0 unspecified atom stereocenters. The van der Waals surface area contributed by atoms with E-state index in [0.29, 0.717) is 31.0 Å². The summed E-state index contributed by atoms with van der Waals surface area (Å²) in [7, 11) is 0. The van der Waals surface area contributed by atoms with Gasteiger partial charge >= 0.3 is 0 Å². The number of β-amino-alcohol motifs (C(OH)–C–C–N with tert-alkyl or cyclic N) is 1. The summed E-state index contributed by atoms with van der Waals surface area (Å²) >= 11 is 5.90. The highest BCUT2D eigenvalue weighted by atomic mass is 35.5. The van der Waals surface area contributed by atoms with Crippen LogP contribution in [0.1, 0.15) is 18.4 Å². The van der Waals surface area contributed by atoms with Gasteiger partial charge in [0.2, 0.25) is 5.91 Å². The predicted molar refractivity (Wildman–Crippen MR) is 87.0 cm³/mol. The molecule has 1 amide bonds. The van der Waals surface area contributed by atoms with Gasteiger partial charge in [-0.15, -0.1) is 12.4 Å². The van der Waals surface area contributed by atoms with E-state index in [0.717, 1.165) is 18.5 Å². The fourth-order valence-corrected chi connectivity index (χ4v) is 2.63. The molecule has 6 heteroatoms. The lowest BCUT2D eigenvalue weighted by Crippen LogP contribution is -2.45. The summed E-state index contributed by atoms with van der Waals surface area (Å²) in [5, 5.41) is 16.5. The molecule has 0 saturated carbocycles. The van der Waals surface area contributed by atoms with E-state index >= 15 is 0 Å². The van der Waals surface area contributed by atoms with Crippen LogP contribution in [-0.2, 0) is 11.2 Å². The first-order chi connectivity index (χ1) is 9.65. The van der Waals surface area contributed by atoms with E-state index in [1.807, 2.05) is 24.3 Å². The van der Waals surface area contributed by atoms with Crippen LogP contribution in [0.2, 0.25) is 5.02 Å². The van der Waals surface area contributed by atoms with E-state index in [9.17, 15) is 9.90 Å². The molecule has 0 spiro atoms. The molecule has 1 aromatic carbocycles. The third-order valence-corrected chi connectivity index (χ3v) is 3.92. The predicted octanol–water partition coefficient (Wildman–Crippen LogP) is 1.78. The normalized spacial score (nSPS) is 21.4. The Hall–Kier alpha value is -0.810. The Morgan fingerprint density at radius 1 is 1.48 bits per heavy atom. The Labute approximate surface area is 136 Å². The number of nitrogens with one attached hydrogen (secondary N) is 2. The van der Waals surface area contributed by atoms with Gasteiger partial charge in [-0.25, -0.2) is 0 Å². The van der Waals surface area contributed by atoms with Gasteiger partial charge in [0, 0.05) is 30.5 Å². The summed E-state index contributed by atoms with van der Waals surface area (Å²) in [6, 6.07) is 7.56. The maximum absolute atomic E-state index is 11.8. The Balaban J connectivity index is 0.00000220. The van der Waals surface area contributed by atoms with Crippen LogP contribution in [-0.4, -0.2) is 36.8 Å². The zero-order chi connectivity index (χ0) is 14.4. The minimum absolute atomic E-state index is 0. The monoisotopic (exact) mass is 332 g/mol. The number of aliphatic hydroxyl groups excluding tert-OH is 1. The zero-order valence-electron chi connectivity index (χ0n) is 11.8. The SMILES string of the molecule is Cl.O=C(CCc1cccc(Cl)c1)NC[C@@H]1CCNC[C@H]1O. The summed E-state index contributed by atoms with van der Waals surface area (Å²) < 4.78 is 0. The molecule has 1 heterocycles. The molecular formula is C15H22Cl2N2O2. The fourth-order valence-electron chi connectivity index (χ4n) is 2.42. The number of aryl methyl sites for hydroxylation is 1. The van der Waals surface area contributed by atoms with Crippen LogP contribution in [0.25, 0.3) is 0 Å². The molecule has 4 nitrogen and oxygen atoms in total. The smallest absolute Gasteiger partial charge is 0.220 e. The van der Waals surface area contributed by atoms with E-state index < -0.39 is 0 Å². The van der Waals surface area contributed by atoms with Crippen molar-refractivity contribution >= 4 is 29.9 Å². The van der Waals surface area contributed by atoms with Crippen molar-refractivity contribution in [2.75, 3.05) is 19.6 Å². The molecule has 1 aliphatic rings. The summed E-state index contributed by atoms with van der Waals surface area (Å²) in [4.78, 5) is 11.8. The molecular weight excluding hydrogens is 311 g/mol. The fraction of sp³-hybridized carbons (Fsp3) is 0.533. The average molecular weight is 333 g/mol. The number of amides is 1. The highest BCUT2D eigenvalue weighted by Crippen LogP contribution is 2.13. The number of hydrogen-bond donors (Lipinski definition) is 3. The number of carbonyl (C=O) groups excluding carboxylic acids is 1. The summed E-state index contributed by atoms with van der Waals surface area (Å²) in [6.07, 6.45) is 1.66. The molecule has 0 aliphatic carbocycles. The number of halogens is 2. The highest BCUT2D eigenvalue weighted by Gasteiger charge is 2.22. The molecule has 0 bridgehead atoms. The molecule has 1 fully saturated rings. The first-order valence-corrected chi connectivity index (χ1v) is 7.43. The summed E-state index contributed by atoms with van der Waals surface area (Å²) in [5.41, 5.74) is 1.06. The van der Waals surface area contributed by atoms with Crippen molar-refractivity contribution in [2.24, 2.45) is 5.92 Å². The topological polar surface area (TPSA) is 61.4 Å². The Morgan fingerprint density at radius 3 is 3.00 bits per heavy atom. The molecule has 0 aromatic heterocycles. The minimum Gasteiger partial charge on any atom is -0.391 e. The van der Waals surface area contributed by atoms with E-state index in [-0.39, 0.29) is 30.3 Å². The number of aliphatic hydroxyl groups is 1. The number of carbonyl (C=O) groups is 1. The van der Waals surface area contributed by atoms with Crippen molar-refractivity contribution in [2.45, 2.75) is 25.4 Å². The van der Waals surface area contributed by atoms with Crippen molar-refractivity contribution < 1.29 is 9.90 Å². The molecule has 21 heavy (non-hydrogen) atoms. The maximum Gasteiger partial charge on any atom is 0.220 e. The van der Waals surface area contributed by atoms with Crippen molar-refractivity contribution in [3.05, 3.63) is 34.9 Å². The second-order valence-electron chi connectivity index (χ2n) is 5.25. The van der Waals surface area contributed by atoms with Crippen LogP contribution in [0.5, 0.6) is 0 Å². The molecule has 3 N–H and O–H groups in total. The van der Waals surface area contributed by atoms with Crippen LogP contribution in [0.15, 0.2) is 24.3 Å². The maximum atomic E-state index is 11.8. The van der Waals surface area contributed by atoms with Gasteiger partial charge in [-0.05, 0) is 37.1 Å². The van der Waals surface area contributed by atoms with Gasteiger partial charge < -0.3 is 15.7 Å². The molecule has 1 saturated heterocycles. The third-order valence-electron chi connectivity index (χ3n) is 3.68. The molecule has 2 rings (SSSR count). The van der Waals surface area contributed by atoms with Crippen LogP contribution < -0.4 is 10.6 Å². The van der Waals surface area contributed by atoms with E-state index in [4.69, 9.17) is 11.6 Å². The number of hydrogen-bond acceptors (Lipinski definition) is 3. The van der Waals surface area contributed by atoms with E-state index in [2.05, 4.69) is 10.6 Å². The lowest BCUT2D eigenvalue weighted by atomic mass is 9.95. The number of piperidine rings is 1. The van der Waals surface area contributed by atoms with Gasteiger partial charge in [-0.1, -0.05) is 23.7 Å². The second-order valence-corrected chi connectivity index (χ2v) is 5.69. The standard InChI is InChI=1S/C15H21ClN2O2.ClH/c16-13-3-1-2-11(8-13)4-5-15(20)18-9-12-6-7-17-10-14(12)19;/h1-3,8,12,14,17,19H,4-7,9-10H2,(H,18,20);1H/t12-,14+;/m0./s1. The van der Waals surface area contributed by atoms with Gasteiger partial charge in [-0.3, -0.25) is 4.79 Å². The van der Waals surface area contributed by atoms with Crippen LogP contribution in [0, 0.1) is 5.92 Å². The van der Waals surface area contributed by atoms with Crippen molar-refractivity contribution in [3.63, 3.8) is 0 Å². The van der Waals surface area contributed by atoms with Crippen molar-refractivity contribution in [1.29, 1.82) is 0 Å². The summed E-state index contributed by atoms with van der Waals surface area (Å²) in [6.45, 7) is 2.07.